The third-order valence-corrected chi connectivity index (χ3v) is 2.98. The van der Waals surface area contributed by atoms with Gasteiger partial charge < -0.3 is 9.64 Å². The molecule has 18 heavy (non-hydrogen) atoms. The van der Waals surface area contributed by atoms with Gasteiger partial charge in [-0.3, -0.25) is 4.79 Å². The van der Waals surface area contributed by atoms with Crippen molar-refractivity contribution in [2.45, 2.75) is 20.0 Å². The summed E-state index contributed by atoms with van der Waals surface area (Å²) in [5, 5.41) is 9.14. The average Bonchev–Trinajstić information content (AvgIpc) is 2.38. The van der Waals surface area contributed by atoms with Crippen LogP contribution in [0.2, 0.25) is 5.02 Å². The molecule has 0 N–H and O–H groups in total. The topological polar surface area (TPSA) is 53.3 Å². The lowest BCUT2D eigenvalue weighted by atomic mass is 10.2. The van der Waals surface area contributed by atoms with Gasteiger partial charge >= 0.3 is 0 Å². The lowest BCUT2D eigenvalue weighted by Gasteiger charge is -2.24. The van der Waals surface area contributed by atoms with Gasteiger partial charge in [-0.05, 0) is 32.0 Å². The van der Waals surface area contributed by atoms with E-state index in [1.165, 1.54) is 7.11 Å². The Labute approximate surface area is 112 Å². The molecule has 0 unspecified atom stereocenters. The summed E-state index contributed by atoms with van der Waals surface area (Å²) >= 11 is 5.96. The van der Waals surface area contributed by atoms with Crippen LogP contribution >= 0.6 is 11.6 Å². The Bertz CT molecular complexity index is 482. The van der Waals surface area contributed by atoms with Gasteiger partial charge in [0.2, 0.25) is 0 Å². The number of benzene rings is 1. The van der Waals surface area contributed by atoms with E-state index in [1.807, 2.05) is 13.0 Å². The number of nitriles is 1. The predicted octanol–water partition coefficient (Wildman–Crippen LogP) is 2.60. The number of anilines is 1. The molecule has 4 nitrogen and oxygen atoms in total. The quantitative estimate of drug-likeness (QED) is 0.842. The minimum Gasteiger partial charge on any atom is -0.372 e. The van der Waals surface area contributed by atoms with Gasteiger partial charge in [-0.25, -0.2) is 0 Å². The largest absolute Gasteiger partial charge is 0.372 e. The zero-order valence-electron chi connectivity index (χ0n) is 10.6. The summed E-state index contributed by atoms with van der Waals surface area (Å²) in [6, 6.07) is 6.90. The maximum absolute atomic E-state index is 12.1. The number of ether oxygens (including phenoxy) is 1. The van der Waals surface area contributed by atoms with Crippen molar-refractivity contribution in [3.8, 4) is 6.07 Å². The molecule has 1 rings (SSSR count). The standard InChI is InChI=1S/C13H15ClN2O2/c1-4-16(13(17)9(2)18-3)11-6-5-10(8-15)12(14)7-11/h5-7,9H,4H2,1-3H3/t9-/m0/s1. The summed E-state index contributed by atoms with van der Waals surface area (Å²) in [6.07, 6.45) is -0.514. The van der Waals surface area contributed by atoms with Crippen LogP contribution in [0.5, 0.6) is 0 Å². The van der Waals surface area contributed by atoms with Crippen molar-refractivity contribution in [1.29, 1.82) is 5.26 Å². The summed E-state index contributed by atoms with van der Waals surface area (Å²) in [7, 11) is 1.49. The normalized spacial score (nSPS) is 11.7. The molecule has 0 aliphatic heterocycles. The van der Waals surface area contributed by atoms with Gasteiger partial charge in [-0.2, -0.15) is 5.26 Å². The molecule has 0 fully saturated rings. The smallest absolute Gasteiger partial charge is 0.255 e. The van der Waals surface area contributed by atoms with Crippen LogP contribution in [0, 0.1) is 11.3 Å². The highest BCUT2D eigenvalue weighted by Gasteiger charge is 2.20. The summed E-state index contributed by atoms with van der Waals surface area (Å²) in [5.41, 5.74) is 1.05. The first-order chi connectivity index (χ1) is 8.54. The van der Waals surface area contributed by atoms with E-state index in [2.05, 4.69) is 0 Å². The van der Waals surface area contributed by atoms with Crippen molar-refractivity contribution in [1.82, 2.24) is 0 Å². The van der Waals surface area contributed by atoms with Crippen LogP contribution in [-0.2, 0) is 9.53 Å². The number of hydrogen-bond acceptors (Lipinski definition) is 3. The van der Waals surface area contributed by atoms with E-state index in [0.29, 0.717) is 22.8 Å². The molecule has 0 aliphatic rings. The SMILES string of the molecule is CCN(C(=O)[C@H](C)OC)c1ccc(C#N)c(Cl)c1. The minimum atomic E-state index is -0.514. The van der Waals surface area contributed by atoms with Crippen LogP contribution in [0.25, 0.3) is 0 Å². The van der Waals surface area contributed by atoms with E-state index in [1.54, 1.807) is 30.0 Å². The van der Waals surface area contributed by atoms with Crippen LogP contribution in [-0.4, -0.2) is 25.7 Å². The van der Waals surface area contributed by atoms with Crippen LogP contribution in [0.1, 0.15) is 19.4 Å². The monoisotopic (exact) mass is 266 g/mol. The summed E-state index contributed by atoms with van der Waals surface area (Å²) in [4.78, 5) is 13.6. The van der Waals surface area contributed by atoms with Crippen molar-refractivity contribution in [2.75, 3.05) is 18.6 Å². The molecular weight excluding hydrogens is 252 g/mol. The molecule has 1 amide bonds. The molecule has 0 saturated carbocycles. The highest BCUT2D eigenvalue weighted by molar-refractivity contribution is 6.32. The van der Waals surface area contributed by atoms with E-state index < -0.39 is 6.10 Å². The molecule has 96 valence electrons. The maximum Gasteiger partial charge on any atom is 0.255 e. The second-order valence-corrected chi connectivity index (χ2v) is 4.14. The number of carbonyl (C=O) groups is 1. The van der Waals surface area contributed by atoms with Crippen molar-refractivity contribution < 1.29 is 9.53 Å². The van der Waals surface area contributed by atoms with E-state index in [9.17, 15) is 4.79 Å². The van der Waals surface area contributed by atoms with Crippen LogP contribution in [0.4, 0.5) is 5.69 Å². The minimum absolute atomic E-state index is 0.138. The molecule has 0 aliphatic carbocycles. The fourth-order valence-electron chi connectivity index (χ4n) is 1.55. The zero-order chi connectivity index (χ0) is 13.7. The second-order valence-electron chi connectivity index (χ2n) is 3.74. The summed E-state index contributed by atoms with van der Waals surface area (Å²) in [5.74, 6) is -0.138. The third-order valence-electron chi connectivity index (χ3n) is 2.67. The Kier molecular flexibility index (Phi) is 5.14. The number of halogens is 1. The van der Waals surface area contributed by atoms with Crippen molar-refractivity contribution >= 4 is 23.2 Å². The third kappa shape index (κ3) is 3.00. The first kappa shape index (κ1) is 14.5. The van der Waals surface area contributed by atoms with Gasteiger partial charge in [0.1, 0.15) is 12.2 Å². The van der Waals surface area contributed by atoms with Crippen molar-refractivity contribution in [2.24, 2.45) is 0 Å². The highest BCUT2D eigenvalue weighted by Crippen LogP contribution is 2.23. The van der Waals surface area contributed by atoms with E-state index >= 15 is 0 Å². The van der Waals surface area contributed by atoms with E-state index in [-0.39, 0.29) is 5.91 Å². The van der Waals surface area contributed by atoms with Crippen molar-refractivity contribution in [3.63, 3.8) is 0 Å². The molecule has 1 atom stereocenters. The average molecular weight is 267 g/mol. The predicted molar refractivity (Wildman–Crippen MR) is 70.7 cm³/mol. The summed E-state index contributed by atoms with van der Waals surface area (Å²) < 4.78 is 5.01. The van der Waals surface area contributed by atoms with Crippen LogP contribution in [0.3, 0.4) is 0 Å². The molecule has 0 aromatic heterocycles. The van der Waals surface area contributed by atoms with Gasteiger partial charge in [-0.15, -0.1) is 0 Å². The van der Waals surface area contributed by atoms with E-state index in [4.69, 9.17) is 21.6 Å². The number of likely N-dealkylation sites (N-methyl/N-ethyl adjacent to an activating group) is 1. The fourth-order valence-corrected chi connectivity index (χ4v) is 1.77. The fraction of sp³-hybridized carbons (Fsp3) is 0.385. The number of hydrogen-bond donors (Lipinski definition) is 0. The molecular formula is C13H15ClN2O2. The first-order valence-corrected chi connectivity index (χ1v) is 5.96. The Morgan fingerprint density at radius 3 is 2.72 bits per heavy atom. The highest BCUT2D eigenvalue weighted by atomic mass is 35.5. The van der Waals surface area contributed by atoms with E-state index in [0.717, 1.165) is 0 Å². The molecule has 1 aromatic carbocycles. The number of amides is 1. The maximum atomic E-state index is 12.1. The van der Waals surface area contributed by atoms with Gasteiger partial charge in [0, 0.05) is 19.3 Å². The molecule has 0 heterocycles. The van der Waals surface area contributed by atoms with Crippen molar-refractivity contribution in [3.05, 3.63) is 28.8 Å². The second kappa shape index (κ2) is 6.39. The Morgan fingerprint density at radius 2 is 2.28 bits per heavy atom. The number of methoxy groups -OCH3 is 1. The molecule has 0 spiro atoms. The number of rotatable bonds is 4. The van der Waals surface area contributed by atoms with Gasteiger partial charge in [0.15, 0.2) is 0 Å². The van der Waals surface area contributed by atoms with Gasteiger partial charge in [0.05, 0.1) is 10.6 Å². The first-order valence-electron chi connectivity index (χ1n) is 5.59. The van der Waals surface area contributed by atoms with Gasteiger partial charge in [-0.1, -0.05) is 11.6 Å². The Hall–Kier alpha value is -1.57. The van der Waals surface area contributed by atoms with Crippen LogP contribution in [0.15, 0.2) is 18.2 Å². The number of nitrogens with zero attached hydrogens (tertiary/aromatic N) is 2. The molecule has 1 aromatic rings. The Morgan fingerprint density at radius 1 is 1.61 bits per heavy atom. The van der Waals surface area contributed by atoms with Crippen LogP contribution < -0.4 is 4.90 Å². The lowest BCUT2D eigenvalue weighted by molar-refractivity contribution is -0.127. The molecule has 0 saturated heterocycles. The summed E-state index contributed by atoms with van der Waals surface area (Å²) in [6.45, 7) is 4.07. The lowest BCUT2D eigenvalue weighted by Crippen LogP contribution is -2.38. The zero-order valence-corrected chi connectivity index (χ0v) is 11.4. The molecule has 0 bridgehead atoms. The Balaban J connectivity index is 3.07. The van der Waals surface area contributed by atoms with Gasteiger partial charge in [0.25, 0.3) is 5.91 Å². The molecule has 0 radical (unpaired) electrons. The molecule has 5 heteroatoms. The number of carbonyl (C=O) groups excluding carboxylic acids is 1.